The summed E-state index contributed by atoms with van der Waals surface area (Å²) in [5.74, 6) is -0.0280. The van der Waals surface area contributed by atoms with Crippen LogP contribution in [0.2, 0.25) is 5.02 Å². The molecular formula is C11H13ClO2S. The molecule has 0 saturated heterocycles. The Kier molecular flexibility index (Phi) is 3.32. The van der Waals surface area contributed by atoms with Crippen molar-refractivity contribution in [3.63, 3.8) is 0 Å². The van der Waals surface area contributed by atoms with Gasteiger partial charge in [-0.15, -0.1) is 11.3 Å². The second kappa shape index (κ2) is 4.54. The maximum atomic E-state index is 11.7. The molecular weight excluding hydrogens is 232 g/mol. The minimum atomic E-state index is -0.115. The van der Waals surface area contributed by atoms with Gasteiger partial charge >= 0.3 is 5.97 Å². The fraction of sp³-hybridized carbons (Fsp3) is 0.545. The van der Waals surface area contributed by atoms with Crippen molar-refractivity contribution < 1.29 is 9.53 Å². The van der Waals surface area contributed by atoms with Crippen LogP contribution in [0, 0.1) is 12.8 Å². The van der Waals surface area contributed by atoms with Crippen LogP contribution in [-0.2, 0) is 4.79 Å². The van der Waals surface area contributed by atoms with Crippen LogP contribution in [0.5, 0.6) is 5.06 Å². The number of hydrogen-bond acceptors (Lipinski definition) is 3. The van der Waals surface area contributed by atoms with Gasteiger partial charge in [0.1, 0.15) is 0 Å². The van der Waals surface area contributed by atoms with E-state index in [0.29, 0.717) is 10.1 Å². The molecule has 0 amide bonds. The zero-order chi connectivity index (χ0) is 10.8. The van der Waals surface area contributed by atoms with E-state index in [-0.39, 0.29) is 11.9 Å². The minimum Gasteiger partial charge on any atom is -0.414 e. The third kappa shape index (κ3) is 2.34. The predicted molar refractivity (Wildman–Crippen MR) is 61.7 cm³/mol. The van der Waals surface area contributed by atoms with Gasteiger partial charge in [0.25, 0.3) is 0 Å². The average Bonchev–Trinajstić information content (AvgIpc) is 2.83. The Morgan fingerprint density at radius 3 is 2.73 bits per heavy atom. The van der Waals surface area contributed by atoms with Crippen LogP contribution >= 0.6 is 22.9 Å². The monoisotopic (exact) mass is 244 g/mol. The van der Waals surface area contributed by atoms with E-state index < -0.39 is 0 Å². The molecule has 0 spiro atoms. The van der Waals surface area contributed by atoms with Crippen molar-refractivity contribution in [3.8, 4) is 5.06 Å². The molecule has 0 atom stereocenters. The summed E-state index contributed by atoms with van der Waals surface area (Å²) in [5, 5.41) is 3.02. The van der Waals surface area contributed by atoms with E-state index in [1.54, 1.807) is 0 Å². The predicted octanol–water partition coefficient (Wildman–Crippen LogP) is 3.81. The lowest BCUT2D eigenvalue weighted by molar-refractivity contribution is -0.138. The summed E-state index contributed by atoms with van der Waals surface area (Å²) >= 11 is 7.38. The summed E-state index contributed by atoms with van der Waals surface area (Å²) in [4.78, 5) is 11.7. The van der Waals surface area contributed by atoms with Crippen LogP contribution in [0.3, 0.4) is 0 Å². The van der Waals surface area contributed by atoms with Crippen molar-refractivity contribution in [1.29, 1.82) is 0 Å². The van der Waals surface area contributed by atoms with E-state index >= 15 is 0 Å². The molecule has 2 nitrogen and oxygen atoms in total. The number of ether oxygens (including phenoxy) is 1. The molecule has 82 valence electrons. The topological polar surface area (TPSA) is 26.3 Å². The third-order valence-corrected chi connectivity index (χ3v) is 4.30. The molecule has 1 aliphatic carbocycles. The van der Waals surface area contributed by atoms with Crippen molar-refractivity contribution in [3.05, 3.63) is 16.0 Å². The number of thiophene rings is 1. The highest BCUT2D eigenvalue weighted by Crippen LogP contribution is 2.36. The smallest absolute Gasteiger partial charge is 0.315 e. The summed E-state index contributed by atoms with van der Waals surface area (Å²) in [7, 11) is 0. The first-order valence-corrected chi connectivity index (χ1v) is 6.39. The average molecular weight is 245 g/mol. The number of rotatable bonds is 2. The highest BCUT2D eigenvalue weighted by atomic mass is 35.5. The molecule has 1 aliphatic rings. The third-order valence-electron chi connectivity index (χ3n) is 2.75. The standard InChI is InChI=1S/C11H13ClO2S/c1-7-6-15-11(9(7)12)14-10(13)8-4-2-3-5-8/h6,8H,2-5H2,1H3. The maximum Gasteiger partial charge on any atom is 0.315 e. The Morgan fingerprint density at radius 2 is 2.20 bits per heavy atom. The second-order valence-corrected chi connectivity index (χ2v) is 5.14. The van der Waals surface area contributed by atoms with E-state index in [9.17, 15) is 4.79 Å². The molecule has 15 heavy (non-hydrogen) atoms. The quantitative estimate of drug-likeness (QED) is 0.740. The van der Waals surface area contributed by atoms with Crippen molar-refractivity contribution in [2.75, 3.05) is 0 Å². The number of halogens is 1. The maximum absolute atomic E-state index is 11.7. The summed E-state index contributed by atoms with van der Waals surface area (Å²) in [6.07, 6.45) is 4.19. The Labute approximate surface area is 98.2 Å². The van der Waals surface area contributed by atoms with Crippen molar-refractivity contribution >= 4 is 28.9 Å². The molecule has 1 heterocycles. The first-order valence-electron chi connectivity index (χ1n) is 5.14. The number of carbonyl (C=O) groups is 1. The SMILES string of the molecule is Cc1csc(OC(=O)C2CCCC2)c1Cl. The van der Waals surface area contributed by atoms with Crippen LogP contribution < -0.4 is 4.74 Å². The van der Waals surface area contributed by atoms with Gasteiger partial charge in [0, 0.05) is 0 Å². The van der Waals surface area contributed by atoms with Gasteiger partial charge in [-0.2, -0.15) is 0 Å². The van der Waals surface area contributed by atoms with Gasteiger partial charge in [-0.1, -0.05) is 24.4 Å². The van der Waals surface area contributed by atoms with E-state index in [0.717, 1.165) is 31.2 Å². The van der Waals surface area contributed by atoms with Crippen LogP contribution in [0.25, 0.3) is 0 Å². The summed E-state index contributed by atoms with van der Waals surface area (Å²) in [6.45, 7) is 1.91. The molecule has 4 heteroatoms. The van der Waals surface area contributed by atoms with E-state index in [2.05, 4.69) is 0 Å². The highest BCUT2D eigenvalue weighted by molar-refractivity contribution is 7.12. The Bertz CT molecular complexity index is 367. The molecule has 0 N–H and O–H groups in total. The zero-order valence-electron chi connectivity index (χ0n) is 8.59. The molecule has 0 unspecified atom stereocenters. The van der Waals surface area contributed by atoms with Crippen LogP contribution in [0.15, 0.2) is 5.38 Å². The van der Waals surface area contributed by atoms with Crippen LogP contribution in [0.1, 0.15) is 31.2 Å². The highest BCUT2D eigenvalue weighted by Gasteiger charge is 2.25. The molecule has 0 aliphatic heterocycles. The van der Waals surface area contributed by atoms with Gasteiger partial charge in [0.2, 0.25) is 5.06 Å². The Morgan fingerprint density at radius 1 is 1.53 bits per heavy atom. The summed E-state index contributed by atoms with van der Waals surface area (Å²) < 4.78 is 5.30. The lowest BCUT2D eigenvalue weighted by Crippen LogP contribution is -2.17. The van der Waals surface area contributed by atoms with E-state index in [1.165, 1.54) is 11.3 Å². The molecule has 0 bridgehead atoms. The van der Waals surface area contributed by atoms with Crippen molar-refractivity contribution in [2.45, 2.75) is 32.6 Å². The first-order chi connectivity index (χ1) is 7.18. The van der Waals surface area contributed by atoms with Gasteiger partial charge in [0.15, 0.2) is 0 Å². The minimum absolute atomic E-state index is 0.0865. The van der Waals surface area contributed by atoms with Gasteiger partial charge in [-0.05, 0) is 30.7 Å². The molecule has 0 radical (unpaired) electrons. The normalized spacial score (nSPS) is 16.9. The van der Waals surface area contributed by atoms with Crippen LogP contribution in [-0.4, -0.2) is 5.97 Å². The fourth-order valence-corrected chi connectivity index (χ4v) is 2.90. The largest absolute Gasteiger partial charge is 0.414 e. The molecule has 1 fully saturated rings. The van der Waals surface area contributed by atoms with Crippen LogP contribution in [0.4, 0.5) is 0 Å². The molecule has 1 aromatic heterocycles. The molecule has 2 rings (SSSR count). The summed E-state index contributed by atoms with van der Waals surface area (Å²) in [5.41, 5.74) is 0.968. The Hall–Kier alpha value is -0.540. The van der Waals surface area contributed by atoms with Gasteiger partial charge in [-0.3, -0.25) is 4.79 Å². The lowest BCUT2D eigenvalue weighted by atomic mass is 10.1. The van der Waals surface area contributed by atoms with Gasteiger partial charge in [-0.25, -0.2) is 0 Å². The summed E-state index contributed by atoms with van der Waals surface area (Å²) in [6, 6.07) is 0. The Balaban J connectivity index is 2.02. The lowest BCUT2D eigenvalue weighted by Gasteiger charge is -2.07. The fourth-order valence-electron chi connectivity index (χ4n) is 1.81. The number of aryl methyl sites for hydroxylation is 1. The van der Waals surface area contributed by atoms with Gasteiger partial charge in [0.05, 0.1) is 10.9 Å². The number of carbonyl (C=O) groups excluding carboxylic acids is 1. The van der Waals surface area contributed by atoms with Gasteiger partial charge < -0.3 is 4.74 Å². The molecule has 0 aromatic carbocycles. The molecule has 1 saturated carbocycles. The first kappa shape index (κ1) is 11.0. The van der Waals surface area contributed by atoms with Crippen molar-refractivity contribution in [1.82, 2.24) is 0 Å². The molecule has 1 aromatic rings. The number of esters is 1. The number of hydrogen-bond donors (Lipinski definition) is 0. The van der Waals surface area contributed by atoms with E-state index in [4.69, 9.17) is 16.3 Å². The second-order valence-electron chi connectivity index (χ2n) is 3.92. The van der Waals surface area contributed by atoms with Crippen molar-refractivity contribution in [2.24, 2.45) is 5.92 Å². The zero-order valence-corrected chi connectivity index (χ0v) is 10.2. The van der Waals surface area contributed by atoms with E-state index in [1.807, 2.05) is 12.3 Å².